The molecular formula is C20H19FN2OS. The normalized spacial score (nSPS) is 10.6. The summed E-state index contributed by atoms with van der Waals surface area (Å²) in [6, 6.07) is 19.7. The van der Waals surface area contributed by atoms with Crippen molar-refractivity contribution in [3.05, 3.63) is 88.6 Å². The van der Waals surface area contributed by atoms with Crippen LogP contribution in [0.1, 0.15) is 20.8 Å². The van der Waals surface area contributed by atoms with Crippen LogP contribution in [0.4, 0.5) is 9.39 Å². The minimum atomic E-state index is -0.199. The van der Waals surface area contributed by atoms with Gasteiger partial charge >= 0.3 is 0 Å². The minimum absolute atomic E-state index is 0.104. The van der Waals surface area contributed by atoms with Gasteiger partial charge in [0.05, 0.1) is 5.00 Å². The van der Waals surface area contributed by atoms with E-state index in [9.17, 15) is 9.18 Å². The topological polar surface area (TPSA) is 41.1 Å². The summed E-state index contributed by atoms with van der Waals surface area (Å²) in [6.45, 7) is 1.49. The van der Waals surface area contributed by atoms with E-state index >= 15 is 0 Å². The minimum Gasteiger partial charge on any atom is -0.314 e. The molecule has 0 atom stereocenters. The van der Waals surface area contributed by atoms with E-state index in [2.05, 4.69) is 10.6 Å². The van der Waals surface area contributed by atoms with Crippen LogP contribution in [0, 0.1) is 5.82 Å². The third-order valence-electron chi connectivity index (χ3n) is 3.71. The van der Waals surface area contributed by atoms with Crippen LogP contribution in [-0.2, 0) is 13.0 Å². The van der Waals surface area contributed by atoms with Gasteiger partial charge in [-0.15, -0.1) is 11.3 Å². The Kier molecular flexibility index (Phi) is 5.93. The van der Waals surface area contributed by atoms with Crippen molar-refractivity contribution in [2.24, 2.45) is 0 Å². The number of rotatable bonds is 7. The molecule has 0 bridgehead atoms. The summed E-state index contributed by atoms with van der Waals surface area (Å²) < 4.78 is 13.1. The Labute approximate surface area is 150 Å². The monoisotopic (exact) mass is 354 g/mol. The molecule has 0 aliphatic rings. The number of halogens is 1. The van der Waals surface area contributed by atoms with E-state index in [0.29, 0.717) is 5.56 Å². The lowest BCUT2D eigenvalue weighted by molar-refractivity contribution is 0.102. The quantitative estimate of drug-likeness (QED) is 0.615. The van der Waals surface area contributed by atoms with E-state index in [1.54, 1.807) is 35.6 Å². The van der Waals surface area contributed by atoms with Crippen molar-refractivity contribution in [2.75, 3.05) is 11.9 Å². The fourth-order valence-corrected chi connectivity index (χ4v) is 3.32. The van der Waals surface area contributed by atoms with E-state index in [1.165, 1.54) is 6.07 Å². The zero-order valence-electron chi connectivity index (χ0n) is 13.7. The number of nitrogens with one attached hydrogen (secondary N) is 2. The summed E-state index contributed by atoms with van der Waals surface area (Å²) in [6.07, 6.45) is 0.779. The van der Waals surface area contributed by atoms with Crippen LogP contribution in [-0.4, -0.2) is 12.5 Å². The predicted molar refractivity (Wildman–Crippen MR) is 101 cm³/mol. The summed E-state index contributed by atoms with van der Waals surface area (Å²) in [5.41, 5.74) is 1.63. The van der Waals surface area contributed by atoms with Crippen LogP contribution in [0.3, 0.4) is 0 Å². The van der Waals surface area contributed by atoms with Gasteiger partial charge in [0.1, 0.15) is 5.82 Å². The Morgan fingerprint density at radius 1 is 1.00 bits per heavy atom. The molecule has 0 aliphatic carbocycles. The Hall–Kier alpha value is -2.50. The first kappa shape index (κ1) is 17.3. The Morgan fingerprint density at radius 3 is 2.64 bits per heavy atom. The lowest BCUT2D eigenvalue weighted by atomic mass is 10.1. The summed E-state index contributed by atoms with van der Waals surface area (Å²) in [5.74, 6) is -0.303. The molecule has 0 saturated heterocycles. The molecule has 0 spiro atoms. The molecule has 2 N–H and O–H groups in total. The van der Waals surface area contributed by atoms with E-state index in [4.69, 9.17) is 0 Å². The highest BCUT2D eigenvalue weighted by Gasteiger charge is 2.07. The first-order valence-corrected chi connectivity index (χ1v) is 8.92. The molecule has 0 radical (unpaired) electrons. The largest absolute Gasteiger partial charge is 0.314 e. The number of thiophene rings is 1. The fourth-order valence-electron chi connectivity index (χ4n) is 2.45. The standard InChI is InChI=1S/C20H19FN2OS/c21-17-8-4-5-15(13-17)11-12-22-14-18-9-10-19(25-18)23-20(24)16-6-2-1-3-7-16/h1-10,13,22H,11-12,14H2,(H,23,24). The molecule has 5 heteroatoms. The van der Waals surface area contributed by atoms with Crippen molar-refractivity contribution in [3.63, 3.8) is 0 Å². The maximum Gasteiger partial charge on any atom is 0.256 e. The molecule has 2 aromatic carbocycles. The third-order valence-corrected chi connectivity index (χ3v) is 4.71. The molecule has 128 valence electrons. The zero-order valence-corrected chi connectivity index (χ0v) is 14.5. The second-order valence-corrected chi connectivity index (χ2v) is 6.81. The predicted octanol–water partition coefficient (Wildman–Crippen LogP) is 4.47. The maximum absolute atomic E-state index is 13.1. The van der Waals surface area contributed by atoms with Crippen molar-refractivity contribution >= 4 is 22.2 Å². The molecule has 3 rings (SSSR count). The number of carbonyl (C=O) groups is 1. The smallest absolute Gasteiger partial charge is 0.256 e. The Morgan fingerprint density at radius 2 is 1.84 bits per heavy atom. The van der Waals surface area contributed by atoms with Crippen molar-refractivity contribution in [1.29, 1.82) is 0 Å². The second kappa shape index (κ2) is 8.55. The van der Waals surface area contributed by atoms with Crippen LogP contribution >= 0.6 is 11.3 Å². The average Bonchev–Trinajstić information content (AvgIpc) is 3.07. The third kappa shape index (κ3) is 5.24. The SMILES string of the molecule is O=C(Nc1ccc(CNCCc2cccc(F)c2)s1)c1ccccc1. The lowest BCUT2D eigenvalue weighted by Gasteiger charge is -2.04. The van der Waals surface area contributed by atoms with E-state index in [-0.39, 0.29) is 11.7 Å². The highest BCUT2D eigenvalue weighted by molar-refractivity contribution is 7.16. The van der Waals surface area contributed by atoms with Crippen LogP contribution in [0.2, 0.25) is 0 Å². The summed E-state index contributed by atoms with van der Waals surface area (Å²) in [5, 5.41) is 7.08. The highest BCUT2D eigenvalue weighted by atomic mass is 32.1. The Bertz CT molecular complexity index is 832. The molecule has 0 unspecified atom stereocenters. The number of hydrogen-bond acceptors (Lipinski definition) is 3. The van der Waals surface area contributed by atoms with Gasteiger partial charge in [-0.3, -0.25) is 4.79 Å². The summed E-state index contributed by atoms with van der Waals surface area (Å²) in [7, 11) is 0. The highest BCUT2D eigenvalue weighted by Crippen LogP contribution is 2.22. The number of hydrogen-bond donors (Lipinski definition) is 2. The van der Waals surface area contributed by atoms with Gasteiger partial charge in [-0.05, 0) is 54.9 Å². The van der Waals surface area contributed by atoms with Gasteiger partial charge in [-0.2, -0.15) is 0 Å². The van der Waals surface area contributed by atoms with Gasteiger partial charge in [-0.25, -0.2) is 4.39 Å². The van der Waals surface area contributed by atoms with Crippen molar-refractivity contribution in [3.8, 4) is 0 Å². The fraction of sp³-hybridized carbons (Fsp3) is 0.150. The van der Waals surface area contributed by atoms with Gasteiger partial charge in [0, 0.05) is 17.0 Å². The zero-order chi connectivity index (χ0) is 17.5. The molecule has 1 heterocycles. The maximum atomic E-state index is 13.1. The molecule has 1 amide bonds. The Balaban J connectivity index is 1.45. The average molecular weight is 354 g/mol. The molecular weight excluding hydrogens is 335 g/mol. The number of carbonyl (C=O) groups excluding carboxylic acids is 1. The van der Waals surface area contributed by atoms with Gasteiger partial charge < -0.3 is 10.6 Å². The van der Waals surface area contributed by atoms with Crippen molar-refractivity contribution in [2.45, 2.75) is 13.0 Å². The second-order valence-electron chi connectivity index (χ2n) is 5.64. The van der Waals surface area contributed by atoms with Crippen LogP contribution in [0.5, 0.6) is 0 Å². The van der Waals surface area contributed by atoms with Gasteiger partial charge in [0.2, 0.25) is 0 Å². The van der Waals surface area contributed by atoms with E-state index < -0.39 is 0 Å². The van der Waals surface area contributed by atoms with E-state index in [1.807, 2.05) is 36.4 Å². The molecule has 1 aromatic heterocycles. The van der Waals surface area contributed by atoms with Crippen molar-refractivity contribution < 1.29 is 9.18 Å². The molecule has 25 heavy (non-hydrogen) atoms. The number of amides is 1. The van der Waals surface area contributed by atoms with Crippen LogP contribution in [0.25, 0.3) is 0 Å². The van der Waals surface area contributed by atoms with Gasteiger partial charge in [0.15, 0.2) is 0 Å². The molecule has 0 fully saturated rings. The van der Waals surface area contributed by atoms with Gasteiger partial charge in [0.25, 0.3) is 5.91 Å². The van der Waals surface area contributed by atoms with Crippen molar-refractivity contribution in [1.82, 2.24) is 5.32 Å². The summed E-state index contributed by atoms with van der Waals surface area (Å²) >= 11 is 1.55. The molecule has 3 nitrogen and oxygen atoms in total. The number of benzene rings is 2. The molecule has 3 aromatic rings. The summed E-state index contributed by atoms with van der Waals surface area (Å²) in [4.78, 5) is 13.3. The molecule has 0 aliphatic heterocycles. The first-order chi connectivity index (χ1) is 12.2. The molecule has 0 saturated carbocycles. The van der Waals surface area contributed by atoms with Crippen LogP contribution in [0.15, 0.2) is 66.7 Å². The lowest BCUT2D eigenvalue weighted by Crippen LogP contribution is -2.16. The number of anilines is 1. The van der Waals surface area contributed by atoms with Gasteiger partial charge in [-0.1, -0.05) is 30.3 Å². The first-order valence-electron chi connectivity index (χ1n) is 8.11. The van der Waals surface area contributed by atoms with Crippen LogP contribution < -0.4 is 10.6 Å². The van der Waals surface area contributed by atoms with E-state index in [0.717, 1.165) is 35.0 Å².